The summed E-state index contributed by atoms with van der Waals surface area (Å²) < 4.78 is 26.7. The van der Waals surface area contributed by atoms with Gasteiger partial charge in [0, 0.05) is 12.6 Å². The third kappa shape index (κ3) is 3.43. The number of methoxy groups -OCH3 is 1. The van der Waals surface area contributed by atoms with Crippen LogP contribution in [-0.4, -0.2) is 56.3 Å². The molecule has 0 aromatic carbocycles. The Hall–Kier alpha value is -0.660. The van der Waals surface area contributed by atoms with Gasteiger partial charge >= 0.3 is 5.97 Å². The van der Waals surface area contributed by atoms with E-state index in [9.17, 15) is 18.3 Å². The zero-order chi connectivity index (χ0) is 12.4. The Morgan fingerprint density at radius 3 is 2.69 bits per heavy atom. The lowest BCUT2D eigenvalue weighted by Crippen LogP contribution is -2.48. The molecule has 0 aliphatic carbocycles. The number of carbonyl (C=O) groups excluding carboxylic acids is 1. The summed E-state index contributed by atoms with van der Waals surface area (Å²) in [4.78, 5) is 11.1. The van der Waals surface area contributed by atoms with Crippen LogP contribution in [0.2, 0.25) is 0 Å². The summed E-state index contributed by atoms with van der Waals surface area (Å²) in [5.74, 6) is -0.518. The van der Waals surface area contributed by atoms with E-state index in [2.05, 4.69) is 10.1 Å². The van der Waals surface area contributed by atoms with Gasteiger partial charge < -0.3 is 15.2 Å². The van der Waals surface area contributed by atoms with Crippen LogP contribution in [0.4, 0.5) is 0 Å². The third-order valence-electron chi connectivity index (χ3n) is 2.59. The second-order valence-corrected chi connectivity index (χ2v) is 6.48. The normalized spacial score (nSPS) is 27.3. The molecule has 1 heterocycles. The van der Waals surface area contributed by atoms with E-state index in [1.165, 1.54) is 14.0 Å². The highest BCUT2D eigenvalue weighted by molar-refractivity contribution is 7.91. The number of sulfone groups is 1. The number of rotatable bonds is 4. The molecule has 94 valence electrons. The van der Waals surface area contributed by atoms with Crippen LogP contribution < -0.4 is 5.32 Å². The Morgan fingerprint density at radius 2 is 2.25 bits per heavy atom. The predicted molar refractivity (Wildman–Crippen MR) is 57.7 cm³/mol. The van der Waals surface area contributed by atoms with Gasteiger partial charge in [-0.1, -0.05) is 0 Å². The first-order valence-corrected chi connectivity index (χ1v) is 6.83. The van der Waals surface area contributed by atoms with Crippen LogP contribution >= 0.6 is 0 Å². The molecule has 0 radical (unpaired) electrons. The standard InChI is InChI=1S/C9H17NO5S/c1-9(12,8(11)15-2)6-10-7-3-4-16(13,14)5-7/h7,10,12H,3-6H2,1-2H3. The number of aliphatic hydroxyl groups is 1. The molecule has 2 atom stereocenters. The first-order chi connectivity index (χ1) is 7.27. The van der Waals surface area contributed by atoms with E-state index in [0.29, 0.717) is 6.42 Å². The Bertz CT molecular complexity index is 362. The minimum Gasteiger partial charge on any atom is -0.467 e. The topological polar surface area (TPSA) is 92.7 Å². The van der Waals surface area contributed by atoms with Crippen molar-refractivity contribution < 1.29 is 23.1 Å². The summed E-state index contributed by atoms with van der Waals surface area (Å²) in [5.41, 5.74) is -1.62. The average molecular weight is 251 g/mol. The molecule has 1 aliphatic rings. The van der Waals surface area contributed by atoms with E-state index < -0.39 is 21.4 Å². The number of hydrogen-bond acceptors (Lipinski definition) is 6. The van der Waals surface area contributed by atoms with Crippen LogP contribution in [-0.2, 0) is 19.4 Å². The molecule has 6 nitrogen and oxygen atoms in total. The van der Waals surface area contributed by atoms with E-state index in [1.54, 1.807) is 0 Å². The fraction of sp³-hybridized carbons (Fsp3) is 0.889. The molecule has 0 aromatic rings. The maximum atomic E-state index is 11.2. The summed E-state index contributed by atoms with van der Waals surface area (Å²) in [6, 6.07) is -0.193. The van der Waals surface area contributed by atoms with Crippen LogP contribution in [0.15, 0.2) is 0 Å². The molecule has 7 heteroatoms. The zero-order valence-corrected chi connectivity index (χ0v) is 10.2. The molecule has 0 spiro atoms. The Kier molecular flexibility index (Phi) is 3.92. The number of hydrogen-bond donors (Lipinski definition) is 2. The molecule has 0 saturated carbocycles. The van der Waals surface area contributed by atoms with Crippen LogP contribution in [0, 0.1) is 0 Å². The molecule has 16 heavy (non-hydrogen) atoms. The molecule has 1 rings (SSSR count). The number of ether oxygens (including phenoxy) is 1. The smallest absolute Gasteiger partial charge is 0.338 e. The highest BCUT2D eigenvalue weighted by Crippen LogP contribution is 2.12. The molecule has 0 amide bonds. The van der Waals surface area contributed by atoms with Gasteiger partial charge in [-0.05, 0) is 13.3 Å². The highest BCUT2D eigenvalue weighted by Gasteiger charge is 2.34. The van der Waals surface area contributed by atoms with Crippen molar-refractivity contribution in [2.24, 2.45) is 0 Å². The van der Waals surface area contributed by atoms with Crippen molar-refractivity contribution in [2.45, 2.75) is 25.0 Å². The van der Waals surface area contributed by atoms with Crippen LogP contribution in [0.3, 0.4) is 0 Å². The monoisotopic (exact) mass is 251 g/mol. The molecular weight excluding hydrogens is 234 g/mol. The second kappa shape index (κ2) is 4.68. The van der Waals surface area contributed by atoms with Gasteiger partial charge in [0.1, 0.15) is 0 Å². The highest BCUT2D eigenvalue weighted by atomic mass is 32.2. The molecule has 1 saturated heterocycles. The third-order valence-corrected chi connectivity index (χ3v) is 4.36. The van der Waals surface area contributed by atoms with Crippen molar-refractivity contribution in [1.29, 1.82) is 0 Å². The van der Waals surface area contributed by atoms with Gasteiger partial charge in [-0.3, -0.25) is 0 Å². The SMILES string of the molecule is COC(=O)C(C)(O)CNC1CCS(=O)(=O)C1. The fourth-order valence-electron chi connectivity index (χ4n) is 1.59. The van der Waals surface area contributed by atoms with E-state index in [0.717, 1.165) is 0 Å². The molecule has 2 unspecified atom stereocenters. The van der Waals surface area contributed by atoms with Crippen molar-refractivity contribution in [3.8, 4) is 0 Å². The van der Waals surface area contributed by atoms with E-state index in [-0.39, 0.29) is 24.1 Å². The average Bonchev–Trinajstić information content (AvgIpc) is 2.54. The number of carbonyl (C=O) groups is 1. The van der Waals surface area contributed by atoms with Crippen molar-refractivity contribution in [1.82, 2.24) is 5.32 Å². The largest absolute Gasteiger partial charge is 0.467 e. The van der Waals surface area contributed by atoms with Gasteiger partial charge in [-0.2, -0.15) is 0 Å². The lowest BCUT2D eigenvalue weighted by atomic mass is 10.1. The summed E-state index contributed by atoms with van der Waals surface area (Å²) in [7, 11) is -1.76. The first kappa shape index (κ1) is 13.4. The van der Waals surface area contributed by atoms with Gasteiger partial charge in [0.05, 0.1) is 18.6 Å². The lowest BCUT2D eigenvalue weighted by molar-refractivity contribution is -0.160. The molecule has 0 bridgehead atoms. The second-order valence-electron chi connectivity index (χ2n) is 4.25. The summed E-state index contributed by atoms with van der Waals surface area (Å²) in [6.45, 7) is 1.31. The van der Waals surface area contributed by atoms with Crippen molar-refractivity contribution in [3.63, 3.8) is 0 Å². The van der Waals surface area contributed by atoms with Crippen LogP contribution in [0.1, 0.15) is 13.3 Å². The van der Waals surface area contributed by atoms with Crippen molar-refractivity contribution in [3.05, 3.63) is 0 Å². The van der Waals surface area contributed by atoms with Crippen LogP contribution in [0.5, 0.6) is 0 Å². The van der Waals surface area contributed by atoms with E-state index in [1.807, 2.05) is 0 Å². The van der Waals surface area contributed by atoms with Gasteiger partial charge in [0.25, 0.3) is 0 Å². The number of nitrogens with one attached hydrogen (secondary N) is 1. The fourth-order valence-corrected chi connectivity index (χ4v) is 3.30. The Labute approximate surface area is 94.9 Å². The lowest BCUT2D eigenvalue weighted by Gasteiger charge is -2.22. The zero-order valence-electron chi connectivity index (χ0n) is 9.39. The molecule has 1 fully saturated rings. The number of esters is 1. The maximum absolute atomic E-state index is 11.2. The summed E-state index contributed by atoms with van der Waals surface area (Å²) in [6.07, 6.45) is 0.513. The van der Waals surface area contributed by atoms with Crippen molar-refractivity contribution in [2.75, 3.05) is 25.2 Å². The predicted octanol–water partition coefficient (Wildman–Crippen LogP) is -1.31. The minimum atomic E-state index is -2.95. The van der Waals surface area contributed by atoms with E-state index >= 15 is 0 Å². The Morgan fingerprint density at radius 1 is 1.62 bits per heavy atom. The van der Waals surface area contributed by atoms with E-state index in [4.69, 9.17) is 0 Å². The summed E-state index contributed by atoms with van der Waals surface area (Å²) >= 11 is 0. The molecule has 2 N–H and O–H groups in total. The molecular formula is C9H17NO5S. The Balaban J connectivity index is 2.44. The van der Waals surface area contributed by atoms with Crippen LogP contribution in [0.25, 0.3) is 0 Å². The maximum Gasteiger partial charge on any atom is 0.338 e. The minimum absolute atomic E-state index is 0.0140. The molecule has 0 aromatic heterocycles. The quantitative estimate of drug-likeness (QED) is 0.602. The van der Waals surface area contributed by atoms with Crippen molar-refractivity contribution >= 4 is 15.8 Å². The molecule has 1 aliphatic heterocycles. The first-order valence-electron chi connectivity index (χ1n) is 5.01. The summed E-state index contributed by atoms with van der Waals surface area (Å²) in [5, 5.41) is 12.5. The van der Waals surface area contributed by atoms with Gasteiger partial charge in [-0.25, -0.2) is 13.2 Å². The van der Waals surface area contributed by atoms with Gasteiger partial charge in [-0.15, -0.1) is 0 Å². The van der Waals surface area contributed by atoms with Gasteiger partial charge in [0.15, 0.2) is 15.4 Å². The van der Waals surface area contributed by atoms with Gasteiger partial charge in [0.2, 0.25) is 0 Å².